The number of ether oxygens (including phenoxy) is 2. The first-order valence-electron chi connectivity index (χ1n) is 8.83. The van der Waals surface area contributed by atoms with E-state index in [1.165, 1.54) is 14.2 Å². The topological polar surface area (TPSA) is 106 Å². The Balaban J connectivity index is 1.78. The lowest BCUT2D eigenvalue weighted by atomic mass is 9.79. The number of hydrogen-bond donors (Lipinski definition) is 3. The molecule has 2 rings (SSSR count). The van der Waals surface area contributed by atoms with Crippen LogP contribution in [0.4, 0.5) is 0 Å². The summed E-state index contributed by atoms with van der Waals surface area (Å²) in [5.74, 6) is -0.771. The quantitative estimate of drug-likeness (QED) is 0.266. The molecule has 0 aliphatic heterocycles. The van der Waals surface area contributed by atoms with Crippen molar-refractivity contribution in [2.75, 3.05) is 20.8 Å². The molecule has 3 N–H and O–H groups in total. The summed E-state index contributed by atoms with van der Waals surface area (Å²) in [5.41, 5.74) is 5.71. The number of methoxy groups -OCH3 is 2. The Labute approximate surface area is 163 Å². The lowest BCUT2D eigenvalue weighted by Crippen LogP contribution is -2.53. The minimum absolute atomic E-state index is 0.120. The zero-order valence-corrected chi connectivity index (χ0v) is 16.0. The maximum Gasteiger partial charge on any atom is 0.264 e. The van der Waals surface area contributed by atoms with Crippen molar-refractivity contribution in [1.82, 2.24) is 16.2 Å². The summed E-state index contributed by atoms with van der Waals surface area (Å²) in [4.78, 5) is 35.5. The van der Waals surface area contributed by atoms with Gasteiger partial charge < -0.3 is 14.8 Å². The predicted molar refractivity (Wildman–Crippen MR) is 103 cm³/mol. The summed E-state index contributed by atoms with van der Waals surface area (Å²) < 4.78 is 9.99. The number of hydrazine groups is 1. The molecule has 3 amide bonds. The van der Waals surface area contributed by atoms with Crippen LogP contribution in [-0.2, 0) is 23.9 Å². The third-order valence-electron chi connectivity index (χ3n) is 4.32. The van der Waals surface area contributed by atoms with Crippen LogP contribution in [0.5, 0.6) is 0 Å². The summed E-state index contributed by atoms with van der Waals surface area (Å²) in [5, 5.41) is 2.84. The molecule has 0 atom stereocenters. The van der Waals surface area contributed by atoms with Crippen molar-refractivity contribution in [2.45, 2.75) is 18.9 Å². The molecule has 0 saturated heterocycles. The highest BCUT2D eigenvalue weighted by Gasteiger charge is 2.35. The van der Waals surface area contributed by atoms with Gasteiger partial charge in [-0.2, -0.15) is 0 Å². The zero-order chi connectivity index (χ0) is 20.5. The second kappa shape index (κ2) is 10.3. The summed E-state index contributed by atoms with van der Waals surface area (Å²) in [6.07, 6.45) is 2.56. The molecule has 28 heavy (non-hydrogen) atoms. The first-order chi connectivity index (χ1) is 13.4. The molecule has 8 nitrogen and oxygen atoms in total. The van der Waals surface area contributed by atoms with Crippen LogP contribution < -0.4 is 16.2 Å². The lowest BCUT2D eigenvalue weighted by Gasteiger charge is -2.34. The van der Waals surface area contributed by atoms with Crippen LogP contribution in [0.3, 0.4) is 0 Å². The van der Waals surface area contributed by atoms with Gasteiger partial charge in [0.05, 0.1) is 7.11 Å². The monoisotopic (exact) mass is 387 g/mol. The van der Waals surface area contributed by atoms with E-state index in [1.54, 1.807) is 6.08 Å². The van der Waals surface area contributed by atoms with Crippen molar-refractivity contribution >= 4 is 23.5 Å². The first kappa shape index (κ1) is 21.2. The van der Waals surface area contributed by atoms with E-state index in [1.807, 2.05) is 30.3 Å². The van der Waals surface area contributed by atoms with Crippen LogP contribution in [0.15, 0.2) is 48.6 Å². The van der Waals surface area contributed by atoms with Crippen molar-refractivity contribution in [1.29, 1.82) is 0 Å². The van der Waals surface area contributed by atoms with Crippen molar-refractivity contribution < 1.29 is 23.9 Å². The Kier molecular flexibility index (Phi) is 7.76. The SMILES string of the molecule is C=C(/C=C(\OC)c1ccccc1)C(=O)N[C@H]1C[C@H](C(=O)NNC(=O)COC)C1. The molecule has 0 bridgehead atoms. The van der Waals surface area contributed by atoms with Crippen molar-refractivity contribution in [3.63, 3.8) is 0 Å². The van der Waals surface area contributed by atoms with E-state index in [-0.39, 0.29) is 36.0 Å². The number of amides is 3. The van der Waals surface area contributed by atoms with E-state index in [2.05, 4.69) is 27.5 Å². The maximum absolute atomic E-state index is 12.3. The van der Waals surface area contributed by atoms with Crippen LogP contribution in [0.2, 0.25) is 0 Å². The van der Waals surface area contributed by atoms with E-state index < -0.39 is 5.91 Å². The highest BCUT2D eigenvalue weighted by Crippen LogP contribution is 2.27. The number of carbonyl (C=O) groups excluding carboxylic acids is 3. The van der Waals surface area contributed by atoms with Crippen LogP contribution in [-0.4, -0.2) is 44.6 Å². The van der Waals surface area contributed by atoms with Gasteiger partial charge in [-0.05, 0) is 18.9 Å². The second-order valence-electron chi connectivity index (χ2n) is 6.41. The summed E-state index contributed by atoms with van der Waals surface area (Å²) in [6.45, 7) is 3.66. The molecule has 1 saturated carbocycles. The number of nitrogens with one attached hydrogen (secondary N) is 3. The average molecular weight is 387 g/mol. The normalized spacial score (nSPS) is 18.4. The Morgan fingerprint density at radius 3 is 2.43 bits per heavy atom. The van der Waals surface area contributed by atoms with Crippen LogP contribution >= 0.6 is 0 Å². The number of carbonyl (C=O) groups is 3. The molecular weight excluding hydrogens is 362 g/mol. The van der Waals surface area contributed by atoms with Crippen molar-refractivity contribution in [3.8, 4) is 0 Å². The fourth-order valence-electron chi connectivity index (χ4n) is 2.71. The molecule has 0 aromatic heterocycles. The average Bonchev–Trinajstić information content (AvgIpc) is 2.67. The fourth-order valence-corrected chi connectivity index (χ4v) is 2.71. The molecule has 8 heteroatoms. The minimum Gasteiger partial charge on any atom is -0.496 e. The highest BCUT2D eigenvalue weighted by atomic mass is 16.5. The molecule has 1 aromatic carbocycles. The molecule has 1 aliphatic rings. The van der Waals surface area contributed by atoms with Crippen LogP contribution in [0.25, 0.3) is 5.76 Å². The molecule has 150 valence electrons. The van der Waals surface area contributed by atoms with Gasteiger partial charge in [-0.15, -0.1) is 0 Å². The third-order valence-corrected chi connectivity index (χ3v) is 4.32. The third kappa shape index (κ3) is 5.95. The van der Waals surface area contributed by atoms with Crippen molar-refractivity contribution in [3.05, 3.63) is 54.1 Å². The van der Waals surface area contributed by atoms with Crippen molar-refractivity contribution in [2.24, 2.45) is 5.92 Å². The van der Waals surface area contributed by atoms with Gasteiger partial charge in [-0.3, -0.25) is 25.2 Å². The molecule has 1 aromatic rings. The largest absolute Gasteiger partial charge is 0.496 e. The minimum atomic E-state index is -0.435. The molecule has 0 heterocycles. The fraction of sp³-hybridized carbons (Fsp3) is 0.350. The van der Waals surface area contributed by atoms with Gasteiger partial charge in [-0.1, -0.05) is 36.9 Å². The molecule has 0 radical (unpaired) electrons. The van der Waals surface area contributed by atoms with Gasteiger partial charge in [0, 0.05) is 30.2 Å². The van der Waals surface area contributed by atoms with E-state index in [0.717, 1.165) is 5.56 Å². The molecular formula is C20H25N3O5. The van der Waals surface area contributed by atoms with Gasteiger partial charge in [0.25, 0.3) is 11.8 Å². The number of hydrogen-bond acceptors (Lipinski definition) is 5. The summed E-state index contributed by atoms with van der Waals surface area (Å²) >= 11 is 0. The van der Waals surface area contributed by atoms with Gasteiger partial charge in [-0.25, -0.2) is 0 Å². The van der Waals surface area contributed by atoms with E-state index in [9.17, 15) is 14.4 Å². The van der Waals surface area contributed by atoms with E-state index in [4.69, 9.17) is 4.74 Å². The Bertz CT molecular complexity index is 754. The van der Waals surface area contributed by atoms with E-state index in [0.29, 0.717) is 18.6 Å². The summed E-state index contributed by atoms with van der Waals surface area (Å²) in [7, 11) is 2.92. The number of rotatable bonds is 8. The summed E-state index contributed by atoms with van der Waals surface area (Å²) in [6, 6.07) is 9.28. The van der Waals surface area contributed by atoms with Crippen LogP contribution in [0, 0.1) is 5.92 Å². The van der Waals surface area contributed by atoms with Crippen LogP contribution in [0.1, 0.15) is 18.4 Å². The van der Waals surface area contributed by atoms with Gasteiger partial charge in [0.2, 0.25) is 5.91 Å². The van der Waals surface area contributed by atoms with E-state index >= 15 is 0 Å². The second-order valence-corrected chi connectivity index (χ2v) is 6.41. The Morgan fingerprint density at radius 1 is 1.14 bits per heavy atom. The van der Waals surface area contributed by atoms with Gasteiger partial charge >= 0.3 is 0 Å². The highest BCUT2D eigenvalue weighted by molar-refractivity contribution is 5.97. The molecule has 0 unspecified atom stereocenters. The predicted octanol–water partition coefficient (Wildman–Crippen LogP) is 0.919. The smallest absolute Gasteiger partial charge is 0.264 e. The zero-order valence-electron chi connectivity index (χ0n) is 16.0. The molecule has 0 spiro atoms. The van der Waals surface area contributed by atoms with Gasteiger partial charge in [0.1, 0.15) is 12.4 Å². The maximum atomic E-state index is 12.3. The van der Waals surface area contributed by atoms with Gasteiger partial charge in [0.15, 0.2) is 0 Å². The molecule has 1 fully saturated rings. The first-order valence-corrected chi connectivity index (χ1v) is 8.83. The number of benzene rings is 1. The Morgan fingerprint density at radius 2 is 1.82 bits per heavy atom. The molecule has 1 aliphatic carbocycles. The lowest BCUT2D eigenvalue weighted by molar-refractivity contribution is -0.135. The standard InChI is InChI=1S/C20H25N3O5/c1-13(9-17(28-3)14-7-5-4-6-8-14)19(25)21-16-10-15(11-16)20(26)23-22-18(24)12-27-2/h4-9,15-16H,1,10-12H2,2-3H3,(H,21,25)(H,22,24)(H,23,26)/b17-9-/t15-,16-. The Hall–Kier alpha value is -3.13.